The Hall–Kier alpha value is -0.610. The van der Waals surface area contributed by atoms with Crippen LogP contribution in [0.15, 0.2) is 0 Å². The highest BCUT2D eigenvalue weighted by Crippen LogP contribution is 2.13. The maximum atomic E-state index is 11.7. The number of carbonyl (C=O) groups is 1. The first-order valence-electron chi connectivity index (χ1n) is 4.69. The molecule has 1 fully saturated rings. The van der Waals surface area contributed by atoms with E-state index in [1.807, 2.05) is 18.7 Å². The third-order valence-electron chi connectivity index (χ3n) is 2.31. The maximum Gasteiger partial charge on any atom is 0.239 e. The Labute approximate surface area is 79.0 Å². The molecule has 1 heterocycles. The van der Waals surface area contributed by atoms with E-state index in [1.54, 1.807) is 6.92 Å². The van der Waals surface area contributed by atoms with Crippen LogP contribution in [0.1, 0.15) is 20.8 Å². The molecular weight excluding hydrogens is 168 g/mol. The summed E-state index contributed by atoms with van der Waals surface area (Å²) in [6.07, 6.45) is 0. The van der Waals surface area contributed by atoms with Crippen LogP contribution in [-0.2, 0) is 9.53 Å². The van der Waals surface area contributed by atoms with E-state index in [9.17, 15) is 4.79 Å². The van der Waals surface area contributed by atoms with Crippen molar-refractivity contribution in [1.29, 1.82) is 0 Å². The number of ether oxygens (including phenoxy) is 1. The van der Waals surface area contributed by atoms with Gasteiger partial charge in [0.05, 0.1) is 31.3 Å². The lowest BCUT2D eigenvalue weighted by Crippen LogP contribution is -2.56. The van der Waals surface area contributed by atoms with Gasteiger partial charge in [-0.15, -0.1) is 0 Å². The molecule has 0 aromatic heterocycles. The number of amides is 1. The standard InChI is InChI=1S/C9H18N2O2/c1-6-4-13-5-7(2)11(6)9(12)8(3)10/h6-8H,4-5,10H2,1-3H3/t6?,7?,8-/m1/s1. The van der Waals surface area contributed by atoms with Gasteiger partial charge in [0.2, 0.25) is 5.91 Å². The van der Waals surface area contributed by atoms with Crippen LogP contribution in [0.3, 0.4) is 0 Å². The van der Waals surface area contributed by atoms with Crippen molar-refractivity contribution < 1.29 is 9.53 Å². The van der Waals surface area contributed by atoms with Gasteiger partial charge in [0.15, 0.2) is 0 Å². The lowest BCUT2D eigenvalue weighted by molar-refractivity contribution is -0.145. The van der Waals surface area contributed by atoms with Crippen molar-refractivity contribution in [3.63, 3.8) is 0 Å². The summed E-state index contributed by atoms with van der Waals surface area (Å²) in [6.45, 7) is 6.91. The number of rotatable bonds is 1. The van der Waals surface area contributed by atoms with Gasteiger partial charge in [-0.2, -0.15) is 0 Å². The van der Waals surface area contributed by atoms with Crippen molar-refractivity contribution in [2.24, 2.45) is 5.73 Å². The van der Waals surface area contributed by atoms with Gasteiger partial charge >= 0.3 is 0 Å². The monoisotopic (exact) mass is 186 g/mol. The van der Waals surface area contributed by atoms with Crippen molar-refractivity contribution in [1.82, 2.24) is 4.90 Å². The van der Waals surface area contributed by atoms with E-state index in [-0.39, 0.29) is 18.0 Å². The Morgan fingerprint density at radius 1 is 1.46 bits per heavy atom. The third-order valence-corrected chi connectivity index (χ3v) is 2.31. The lowest BCUT2D eigenvalue weighted by atomic mass is 10.1. The highest BCUT2D eigenvalue weighted by Gasteiger charge is 2.30. The van der Waals surface area contributed by atoms with Crippen LogP contribution in [0.2, 0.25) is 0 Å². The second-order valence-corrected chi connectivity index (χ2v) is 3.77. The molecule has 0 aliphatic carbocycles. The molecule has 13 heavy (non-hydrogen) atoms. The molecule has 2 N–H and O–H groups in total. The number of carbonyl (C=O) groups excluding carboxylic acids is 1. The number of morpholine rings is 1. The average Bonchev–Trinajstić information content (AvgIpc) is 2.03. The molecule has 0 aromatic rings. The number of nitrogens with two attached hydrogens (primary N) is 1. The first kappa shape index (κ1) is 10.5. The minimum absolute atomic E-state index is 0.0169. The summed E-state index contributed by atoms with van der Waals surface area (Å²) in [4.78, 5) is 13.5. The van der Waals surface area contributed by atoms with Gasteiger partial charge in [0, 0.05) is 0 Å². The number of hydrogen-bond acceptors (Lipinski definition) is 3. The first-order chi connectivity index (χ1) is 6.04. The molecule has 0 saturated carbocycles. The molecule has 1 aliphatic rings. The Bertz CT molecular complexity index is 184. The van der Waals surface area contributed by atoms with E-state index in [0.29, 0.717) is 13.2 Å². The van der Waals surface area contributed by atoms with E-state index in [2.05, 4.69) is 0 Å². The predicted molar refractivity (Wildman–Crippen MR) is 50.2 cm³/mol. The first-order valence-corrected chi connectivity index (χ1v) is 4.69. The van der Waals surface area contributed by atoms with Crippen LogP contribution in [0.5, 0.6) is 0 Å². The van der Waals surface area contributed by atoms with Gasteiger partial charge in [-0.05, 0) is 20.8 Å². The van der Waals surface area contributed by atoms with Crippen molar-refractivity contribution >= 4 is 5.91 Å². The maximum absolute atomic E-state index is 11.7. The Morgan fingerprint density at radius 2 is 1.92 bits per heavy atom. The summed E-state index contributed by atoms with van der Waals surface area (Å²) in [6, 6.07) is -0.132. The minimum Gasteiger partial charge on any atom is -0.377 e. The molecule has 3 atom stereocenters. The fraction of sp³-hybridized carbons (Fsp3) is 0.889. The van der Waals surface area contributed by atoms with E-state index >= 15 is 0 Å². The smallest absolute Gasteiger partial charge is 0.239 e. The second kappa shape index (κ2) is 4.07. The summed E-state index contributed by atoms with van der Waals surface area (Å²) in [5.41, 5.74) is 5.56. The molecule has 4 heteroatoms. The molecule has 1 aliphatic heterocycles. The quantitative estimate of drug-likeness (QED) is 0.625. The van der Waals surface area contributed by atoms with Crippen LogP contribution in [0.4, 0.5) is 0 Å². The number of hydrogen-bond donors (Lipinski definition) is 1. The number of nitrogens with zero attached hydrogens (tertiary/aromatic N) is 1. The van der Waals surface area contributed by atoms with Gasteiger partial charge in [-0.3, -0.25) is 4.79 Å². The van der Waals surface area contributed by atoms with Gasteiger partial charge in [0.1, 0.15) is 0 Å². The molecule has 76 valence electrons. The van der Waals surface area contributed by atoms with E-state index in [1.165, 1.54) is 0 Å². The van der Waals surface area contributed by atoms with Crippen molar-refractivity contribution in [2.45, 2.75) is 38.9 Å². The van der Waals surface area contributed by atoms with E-state index < -0.39 is 6.04 Å². The van der Waals surface area contributed by atoms with Crippen LogP contribution >= 0.6 is 0 Å². The van der Waals surface area contributed by atoms with E-state index in [0.717, 1.165) is 0 Å². The molecular formula is C9H18N2O2. The van der Waals surface area contributed by atoms with Gasteiger partial charge in [-0.25, -0.2) is 0 Å². The average molecular weight is 186 g/mol. The lowest BCUT2D eigenvalue weighted by Gasteiger charge is -2.39. The van der Waals surface area contributed by atoms with Crippen molar-refractivity contribution in [3.05, 3.63) is 0 Å². The zero-order valence-electron chi connectivity index (χ0n) is 8.49. The summed E-state index contributed by atoms with van der Waals surface area (Å²) in [7, 11) is 0. The van der Waals surface area contributed by atoms with E-state index in [4.69, 9.17) is 10.5 Å². The summed E-state index contributed by atoms with van der Waals surface area (Å²) in [5, 5.41) is 0. The predicted octanol–water partition coefficient (Wildman–Crippen LogP) is -0.0306. The second-order valence-electron chi connectivity index (χ2n) is 3.77. The Balaban J connectivity index is 2.68. The Kier molecular flexibility index (Phi) is 3.27. The van der Waals surface area contributed by atoms with Gasteiger partial charge < -0.3 is 15.4 Å². The molecule has 0 aromatic carbocycles. The van der Waals surface area contributed by atoms with Crippen molar-refractivity contribution in [3.8, 4) is 0 Å². The van der Waals surface area contributed by atoms with Gasteiger partial charge in [-0.1, -0.05) is 0 Å². The molecule has 0 spiro atoms. The SMILES string of the molecule is CC1COCC(C)N1C(=O)[C@@H](C)N. The zero-order chi connectivity index (χ0) is 10.0. The van der Waals surface area contributed by atoms with Gasteiger partial charge in [0.25, 0.3) is 0 Å². The van der Waals surface area contributed by atoms with Crippen LogP contribution in [0.25, 0.3) is 0 Å². The van der Waals surface area contributed by atoms with Crippen LogP contribution < -0.4 is 5.73 Å². The van der Waals surface area contributed by atoms with Crippen molar-refractivity contribution in [2.75, 3.05) is 13.2 Å². The fourth-order valence-electron chi connectivity index (χ4n) is 1.67. The van der Waals surface area contributed by atoms with Crippen LogP contribution in [-0.4, -0.2) is 42.1 Å². The third kappa shape index (κ3) is 2.19. The summed E-state index contributed by atoms with van der Waals surface area (Å²) >= 11 is 0. The highest BCUT2D eigenvalue weighted by atomic mass is 16.5. The fourth-order valence-corrected chi connectivity index (χ4v) is 1.67. The zero-order valence-corrected chi connectivity index (χ0v) is 8.49. The minimum atomic E-state index is -0.414. The summed E-state index contributed by atoms with van der Waals surface area (Å²) < 4.78 is 5.32. The normalized spacial score (nSPS) is 31.5. The Morgan fingerprint density at radius 3 is 2.31 bits per heavy atom. The molecule has 1 rings (SSSR count). The molecule has 1 saturated heterocycles. The topological polar surface area (TPSA) is 55.6 Å². The summed E-state index contributed by atoms with van der Waals surface area (Å²) in [5.74, 6) is 0.0169. The molecule has 1 amide bonds. The molecule has 0 radical (unpaired) electrons. The highest BCUT2D eigenvalue weighted by molar-refractivity contribution is 5.81. The van der Waals surface area contributed by atoms with Crippen LogP contribution in [0, 0.1) is 0 Å². The molecule has 2 unspecified atom stereocenters. The molecule has 0 bridgehead atoms. The largest absolute Gasteiger partial charge is 0.377 e. The molecule has 4 nitrogen and oxygen atoms in total.